The average Bonchev–Trinajstić information content (AvgIpc) is 1.63. The fourth-order valence-electron chi connectivity index (χ4n) is 13.6. The first-order valence-electron chi connectivity index (χ1n) is 35.8. The molecule has 2 saturated heterocycles. The fraction of sp³-hybridized carbons (Fsp3) is 0.425. The lowest BCUT2D eigenvalue weighted by atomic mass is 9.85. The van der Waals surface area contributed by atoms with Gasteiger partial charge in [-0.25, -0.2) is 4.79 Å². The molecule has 7 amide bonds. The van der Waals surface area contributed by atoms with Crippen LogP contribution in [0.3, 0.4) is 0 Å². The number of hydrogen-bond acceptors (Lipinski definition) is 16. The molecule has 26 nitrogen and oxygen atoms in total. The largest absolute Gasteiger partial charge is 0.490 e. The summed E-state index contributed by atoms with van der Waals surface area (Å²) in [6.45, 7) is 8.02. The summed E-state index contributed by atoms with van der Waals surface area (Å²) in [4.78, 5) is 172. The van der Waals surface area contributed by atoms with Gasteiger partial charge in [-0.1, -0.05) is 136 Å². The Balaban J connectivity index is 1.05. The number of carbonyl (C=O) groups is 12. The number of likely N-dealkylation sites (tertiary alicyclic amines) is 2. The quantitative estimate of drug-likeness (QED) is 0.0489. The van der Waals surface area contributed by atoms with Gasteiger partial charge in [-0.3, -0.25) is 52.7 Å². The van der Waals surface area contributed by atoms with E-state index in [9.17, 15) is 58.5 Å². The number of nitrogens with zero attached hydrogens (tertiary/aromatic N) is 2. The molecular formula is C80H95N9O17. The van der Waals surface area contributed by atoms with Gasteiger partial charge in [0.25, 0.3) is 5.91 Å². The molecule has 0 spiro atoms. The second kappa shape index (κ2) is 36.3. The van der Waals surface area contributed by atoms with Crippen LogP contribution in [0.15, 0.2) is 146 Å². The SMILES string of the molecule is CN[C@@H](C)C(=O)C[C@@H](CCC(=O)O)C(=O)N1C[C@@H]2C[C@H]1C(=O)N[C@@H](Cc1ccc3ccccc3c1)C(=O)C[C@H](C(=O)O)Cc1ccc(cc1)C(=O)N[C@H]1C[C@@H](C(=O)N[C@@H](Cc3ccc4ccccc4c3)C(=O)N[C@H](C(=O)O)Cc3ccc(cc3)OC/C=C/CO2)N(C(=O)[C@@H](NC(=O)[C@H](C)NC)C(C)(C)C)C1. The molecule has 6 aliphatic heterocycles. The Morgan fingerprint density at radius 3 is 1.73 bits per heavy atom. The number of ketones is 2. The molecule has 26 heteroatoms. The molecule has 106 heavy (non-hydrogen) atoms. The summed E-state index contributed by atoms with van der Waals surface area (Å²) >= 11 is 0. The van der Waals surface area contributed by atoms with Crippen LogP contribution in [0.1, 0.15) is 106 Å². The van der Waals surface area contributed by atoms with E-state index in [-0.39, 0.29) is 89.0 Å². The van der Waals surface area contributed by atoms with Crippen LogP contribution in [-0.4, -0.2) is 197 Å². The number of carboxylic acids is 3. The van der Waals surface area contributed by atoms with E-state index in [0.29, 0.717) is 28.0 Å². The maximum absolute atomic E-state index is 15.2. The highest BCUT2D eigenvalue weighted by molar-refractivity contribution is 5.99. The van der Waals surface area contributed by atoms with Gasteiger partial charge in [0.1, 0.15) is 48.3 Å². The zero-order chi connectivity index (χ0) is 76.5. The number of nitrogens with one attached hydrogen (secondary N) is 7. The van der Waals surface area contributed by atoms with Crippen LogP contribution in [0, 0.1) is 17.3 Å². The number of rotatable bonds is 18. The molecule has 2 fully saturated rings. The third-order valence-corrected chi connectivity index (χ3v) is 20.0. The summed E-state index contributed by atoms with van der Waals surface area (Å²) in [6.07, 6.45) is -0.0145. The first kappa shape index (κ1) is 79.4. The predicted molar refractivity (Wildman–Crippen MR) is 394 cm³/mol. The summed E-state index contributed by atoms with van der Waals surface area (Å²) in [5.74, 6) is -12.0. The third kappa shape index (κ3) is 21.3. The zero-order valence-electron chi connectivity index (χ0n) is 60.6. The van der Waals surface area contributed by atoms with Crippen molar-refractivity contribution >= 4 is 92.4 Å². The lowest BCUT2D eigenvalue weighted by Crippen LogP contribution is -2.61. The molecule has 10 N–H and O–H groups in total. The van der Waals surface area contributed by atoms with Crippen LogP contribution < -0.4 is 42.0 Å². The second-order valence-corrected chi connectivity index (χ2v) is 28.8. The number of aliphatic carboxylic acids is 3. The molecule has 0 aliphatic carbocycles. The van der Waals surface area contributed by atoms with E-state index in [1.54, 1.807) is 97.3 Å². The highest BCUT2D eigenvalue weighted by Crippen LogP contribution is 2.31. The van der Waals surface area contributed by atoms with Crippen molar-refractivity contribution in [3.05, 3.63) is 173 Å². The molecule has 12 rings (SSSR count). The van der Waals surface area contributed by atoms with Crippen molar-refractivity contribution in [2.24, 2.45) is 17.3 Å². The molecule has 0 aromatic heterocycles. The molecular weight excluding hydrogens is 1360 g/mol. The second-order valence-electron chi connectivity index (χ2n) is 28.8. The number of ether oxygens (including phenoxy) is 2. The molecule has 8 bridgehead atoms. The standard InChI is InChI=1S/C80H95N9O17/c1-46(81-6)67(90)40-57(28-31-69(92)93)76(99)89-45-61-43-66(89)75(98)84-62(38-50-20-24-52-14-8-10-16-55(52)35-50)68(91)41-58(78(101)102)34-48-18-26-54(27-19-48)72(95)83-59-42-65(88(44-59)77(100)70(80(3,4)5)87-71(94)47(2)82-7)74(97)85-63(39-51-21-25-53-15-9-11-17-56(53)36-51)73(96)86-64(79(103)104)37-49-22-29-60(30-23-49)105-32-12-13-33-106-61/h8-27,29-30,35-36,46-47,57-59,61-66,70,81-82H,28,31-34,37-45H2,1-7H3,(H,83,95)(H,84,98)(H,85,97)(H,86,96)(H,87,94)(H,92,93)(H,101,102)(H,103,104)/b13-12+/t46-,47-,57+,58+,59-,61-,62-,63-,64-,65-,66-,70+/m0/s1. The summed E-state index contributed by atoms with van der Waals surface area (Å²) in [7, 11) is 3.15. The first-order chi connectivity index (χ1) is 50.5. The minimum absolute atomic E-state index is 0.0266. The van der Waals surface area contributed by atoms with Crippen LogP contribution in [-0.2, 0) is 83.2 Å². The van der Waals surface area contributed by atoms with Gasteiger partial charge >= 0.3 is 17.9 Å². The Morgan fingerprint density at radius 2 is 1.14 bits per heavy atom. The summed E-state index contributed by atoms with van der Waals surface area (Å²) in [6, 6.07) is 27.9. The highest BCUT2D eigenvalue weighted by atomic mass is 16.5. The molecule has 6 aromatic rings. The van der Waals surface area contributed by atoms with Crippen molar-refractivity contribution in [3.63, 3.8) is 0 Å². The van der Waals surface area contributed by atoms with E-state index in [1.165, 1.54) is 34.1 Å². The van der Waals surface area contributed by atoms with Gasteiger partial charge in [-0.15, -0.1) is 0 Å². The highest BCUT2D eigenvalue weighted by Gasteiger charge is 2.48. The lowest BCUT2D eigenvalue weighted by Gasteiger charge is -2.36. The minimum atomic E-state index is -1.52. The number of amides is 7. The number of benzene rings is 6. The average molecular weight is 1450 g/mol. The number of fused-ring (bicyclic) bond motifs is 2. The van der Waals surface area contributed by atoms with Crippen LogP contribution in [0.4, 0.5) is 0 Å². The molecule has 12 atom stereocenters. The number of Topliss-reactive ketones (excluding diaryl/α,β-unsaturated/α-hetero) is 2. The van der Waals surface area contributed by atoms with Crippen LogP contribution in [0.25, 0.3) is 21.5 Å². The Kier molecular flexibility index (Phi) is 27.2. The Bertz CT molecular complexity index is 4250. The Hall–Kier alpha value is -10.7. The van der Waals surface area contributed by atoms with Gasteiger partial charge < -0.3 is 71.8 Å². The van der Waals surface area contributed by atoms with Gasteiger partial charge in [0.05, 0.1) is 36.8 Å². The zero-order valence-corrected chi connectivity index (χ0v) is 60.6. The lowest BCUT2D eigenvalue weighted by molar-refractivity contribution is -0.145. The van der Waals surface area contributed by atoms with E-state index in [4.69, 9.17) is 9.47 Å². The minimum Gasteiger partial charge on any atom is -0.490 e. The Morgan fingerprint density at radius 1 is 0.585 bits per heavy atom. The van der Waals surface area contributed by atoms with E-state index in [2.05, 4.69) is 37.2 Å². The van der Waals surface area contributed by atoms with Crippen molar-refractivity contribution in [2.45, 2.75) is 159 Å². The molecule has 6 heterocycles. The summed E-state index contributed by atoms with van der Waals surface area (Å²) in [5.41, 5.74) is 1.29. The number of likely N-dealkylation sites (N-methyl/N-ethyl adjacent to an activating group) is 2. The molecule has 562 valence electrons. The van der Waals surface area contributed by atoms with Gasteiger partial charge in [0, 0.05) is 69.1 Å². The maximum atomic E-state index is 15.2. The van der Waals surface area contributed by atoms with E-state index < -0.39 is 156 Å². The van der Waals surface area contributed by atoms with Crippen molar-refractivity contribution in [2.75, 3.05) is 40.4 Å². The van der Waals surface area contributed by atoms with Crippen molar-refractivity contribution < 1.29 is 82.3 Å². The first-order valence-corrected chi connectivity index (χ1v) is 35.8. The smallest absolute Gasteiger partial charge is 0.326 e. The van der Waals surface area contributed by atoms with Crippen LogP contribution >= 0.6 is 0 Å². The van der Waals surface area contributed by atoms with Crippen LogP contribution in [0.2, 0.25) is 0 Å². The third-order valence-electron chi connectivity index (χ3n) is 20.0. The van der Waals surface area contributed by atoms with Crippen LogP contribution in [0.5, 0.6) is 5.75 Å². The van der Waals surface area contributed by atoms with Crippen molar-refractivity contribution in [1.82, 2.24) is 47.0 Å². The Labute approximate surface area is 615 Å². The molecule has 0 saturated carbocycles. The predicted octanol–water partition coefficient (Wildman–Crippen LogP) is 5.28. The normalized spacial score (nSPS) is 22.5. The van der Waals surface area contributed by atoms with Gasteiger partial charge in [-0.05, 0) is 133 Å². The van der Waals surface area contributed by atoms with E-state index in [0.717, 1.165) is 21.5 Å². The maximum Gasteiger partial charge on any atom is 0.326 e. The monoisotopic (exact) mass is 1450 g/mol. The van der Waals surface area contributed by atoms with Crippen molar-refractivity contribution in [1.29, 1.82) is 0 Å². The molecule has 0 unspecified atom stereocenters. The van der Waals surface area contributed by atoms with E-state index in [1.807, 2.05) is 72.8 Å². The van der Waals surface area contributed by atoms with Crippen molar-refractivity contribution in [3.8, 4) is 5.75 Å². The topological polar surface area (TPSA) is 375 Å². The molecule has 6 aromatic carbocycles. The van der Waals surface area contributed by atoms with Gasteiger partial charge in [0.2, 0.25) is 35.4 Å². The summed E-state index contributed by atoms with van der Waals surface area (Å²) in [5, 5.41) is 54.6. The number of hydrogen-bond donors (Lipinski definition) is 10. The fourth-order valence-corrected chi connectivity index (χ4v) is 13.6. The molecule has 0 radical (unpaired) electrons. The summed E-state index contributed by atoms with van der Waals surface area (Å²) < 4.78 is 12.2. The van der Waals surface area contributed by atoms with E-state index >= 15 is 14.4 Å². The molecule has 6 aliphatic rings. The van der Waals surface area contributed by atoms with Gasteiger partial charge in [-0.2, -0.15) is 0 Å². The number of carbonyl (C=O) groups excluding carboxylic acids is 9. The number of carboxylic acid groups (broad SMARTS) is 3. The van der Waals surface area contributed by atoms with Gasteiger partial charge in [0.15, 0.2) is 5.78 Å².